The van der Waals surface area contributed by atoms with Crippen molar-refractivity contribution in [2.75, 3.05) is 26.2 Å². The fraction of sp³-hybridized carbons (Fsp3) is 1.00. The van der Waals surface area contributed by atoms with Gasteiger partial charge in [0.05, 0.1) is 0 Å². The summed E-state index contributed by atoms with van der Waals surface area (Å²) in [6, 6.07) is 0. The fourth-order valence-corrected chi connectivity index (χ4v) is 1.81. The van der Waals surface area contributed by atoms with E-state index in [4.69, 9.17) is 0 Å². The van der Waals surface area contributed by atoms with Gasteiger partial charge in [-0.3, -0.25) is 9.80 Å². The molecule has 0 spiro atoms. The van der Waals surface area contributed by atoms with Gasteiger partial charge in [-0.1, -0.05) is 41.5 Å². The molecule has 2 unspecified atom stereocenters. The van der Waals surface area contributed by atoms with Gasteiger partial charge in [0.2, 0.25) is 0 Å². The molecule has 0 bridgehead atoms. The molecule has 2 N–H and O–H groups in total. The molecule has 0 aromatic carbocycles. The van der Waals surface area contributed by atoms with Crippen LogP contribution in [-0.2, 0) is 17.1 Å². The molecule has 0 aliphatic carbocycles. The number of nitrogens with zero attached hydrogens (tertiary/aromatic N) is 2. The maximum Gasteiger partial charge on any atom is 0.107 e. The average Bonchev–Trinajstić information content (AvgIpc) is 2.41. The van der Waals surface area contributed by atoms with Crippen LogP contribution >= 0.6 is 0 Å². The molecule has 19 heavy (non-hydrogen) atoms. The average molecular weight is 326 g/mol. The molecule has 0 amide bonds. The van der Waals surface area contributed by atoms with E-state index in [-0.39, 0.29) is 29.5 Å². The van der Waals surface area contributed by atoms with Crippen molar-refractivity contribution in [1.82, 2.24) is 9.80 Å². The van der Waals surface area contributed by atoms with Crippen molar-refractivity contribution in [3.63, 3.8) is 0 Å². The topological polar surface area (TPSA) is 46.9 Å². The number of hydrogen-bond acceptors (Lipinski definition) is 4. The summed E-state index contributed by atoms with van der Waals surface area (Å²) >= 11 is 0. The van der Waals surface area contributed by atoms with Crippen molar-refractivity contribution in [1.29, 1.82) is 0 Å². The van der Waals surface area contributed by atoms with Crippen LogP contribution in [0.5, 0.6) is 0 Å². The molecule has 1 radical (unpaired) electrons. The summed E-state index contributed by atoms with van der Waals surface area (Å²) in [6.07, 6.45) is 1.17. The third kappa shape index (κ3) is 11.9. The third-order valence-electron chi connectivity index (χ3n) is 3.20. The van der Waals surface area contributed by atoms with Crippen molar-refractivity contribution in [2.45, 2.75) is 66.8 Å². The maximum atomic E-state index is 9.24. The van der Waals surface area contributed by atoms with E-state index < -0.39 is 0 Å². The van der Waals surface area contributed by atoms with E-state index >= 15 is 0 Å². The van der Waals surface area contributed by atoms with Crippen LogP contribution in [0.3, 0.4) is 0 Å². The van der Waals surface area contributed by atoms with E-state index in [2.05, 4.69) is 27.7 Å². The van der Waals surface area contributed by atoms with Gasteiger partial charge in [0.1, 0.15) is 12.5 Å². The normalized spacial score (nSPS) is 13.6. The molecule has 123 valence electrons. The van der Waals surface area contributed by atoms with Crippen LogP contribution in [0.25, 0.3) is 0 Å². The smallest absolute Gasteiger partial charge is 0.107 e. The Bertz CT molecular complexity index is 148. The van der Waals surface area contributed by atoms with Crippen LogP contribution < -0.4 is 0 Å². The Morgan fingerprint density at radius 2 is 0.842 bits per heavy atom. The SMILES string of the molecule is CCC(O)N(CC)CC.CCC(O)N(CC)CC.[Cu]. The van der Waals surface area contributed by atoms with Gasteiger partial charge in [0, 0.05) is 17.1 Å². The standard InChI is InChI=1S/2C7H17NO.Cu/c2*1-4-7(9)8(5-2)6-3;/h2*7,9H,4-6H2,1-3H3;. The Balaban J connectivity index is -0.000000256. The fourth-order valence-electron chi connectivity index (χ4n) is 1.81. The summed E-state index contributed by atoms with van der Waals surface area (Å²) in [5.74, 6) is 0. The Labute approximate surface area is 130 Å². The van der Waals surface area contributed by atoms with Crippen molar-refractivity contribution in [3.05, 3.63) is 0 Å². The summed E-state index contributed by atoms with van der Waals surface area (Å²) in [6.45, 7) is 16.0. The summed E-state index contributed by atoms with van der Waals surface area (Å²) < 4.78 is 0. The molecule has 0 heterocycles. The molecule has 0 rings (SSSR count). The van der Waals surface area contributed by atoms with Crippen molar-refractivity contribution >= 4 is 0 Å². The van der Waals surface area contributed by atoms with E-state index in [9.17, 15) is 10.2 Å². The number of rotatable bonds is 8. The van der Waals surface area contributed by atoms with Crippen LogP contribution in [0.15, 0.2) is 0 Å². The third-order valence-corrected chi connectivity index (χ3v) is 3.20. The Hall–Kier alpha value is 0.359. The monoisotopic (exact) mass is 325 g/mol. The zero-order valence-electron chi connectivity index (χ0n) is 13.5. The van der Waals surface area contributed by atoms with E-state index in [0.717, 1.165) is 39.0 Å². The van der Waals surface area contributed by atoms with Crippen LogP contribution in [0.1, 0.15) is 54.4 Å². The van der Waals surface area contributed by atoms with Crippen LogP contribution in [-0.4, -0.2) is 58.6 Å². The van der Waals surface area contributed by atoms with E-state index in [0.29, 0.717) is 0 Å². The minimum atomic E-state index is -0.236. The summed E-state index contributed by atoms with van der Waals surface area (Å²) in [5, 5.41) is 18.5. The zero-order valence-corrected chi connectivity index (χ0v) is 14.4. The van der Waals surface area contributed by atoms with Crippen molar-refractivity contribution in [3.8, 4) is 0 Å². The molecule has 0 aliphatic rings. The predicted octanol–water partition coefficient (Wildman–Crippen LogP) is 2.11. The van der Waals surface area contributed by atoms with E-state index in [1.165, 1.54) is 0 Å². The molecule has 2 atom stereocenters. The number of hydrogen-bond donors (Lipinski definition) is 2. The van der Waals surface area contributed by atoms with Crippen LogP contribution in [0, 0.1) is 0 Å². The minimum Gasteiger partial charge on any atom is -0.378 e. The molecular formula is C14H34CuN2O2. The molecule has 0 saturated carbocycles. The van der Waals surface area contributed by atoms with E-state index in [1.54, 1.807) is 0 Å². The number of aliphatic hydroxyl groups excluding tert-OH is 2. The minimum absolute atomic E-state index is 0. The molecule has 0 saturated heterocycles. The Kier molecular flexibility index (Phi) is 21.1. The molecular weight excluding hydrogens is 292 g/mol. The second-order valence-corrected chi connectivity index (χ2v) is 4.22. The van der Waals surface area contributed by atoms with Gasteiger partial charge in [-0.05, 0) is 39.0 Å². The first-order valence-electron chi connectivity index (χ1n) is 7.36. The first kappa shape index (κ1) is 24.4. The first-order chi connectivity index (χ1) is 8.51. The van der Waals surface area contributed by atoms with Gasteiger partial charge in [-0.25, -0.2) is 0 Å². The van der Waals surface area contributed by atoms with Gasteiger partial charge in [0.15, 0.2) is 0 Å². The van der Waals surface area contributed by atoms with Crippen molar-refractivity contribution in [2.24, 2.45) is 0 Å². The maximum absolute atomic E-state index is 9.24. The van der Waals surface area contributed by atoms with Gasteiger partial charge in [-0.2, -0.15) is 0 Å². The van der Waals surface area contributed by atoms with Gasteiger partial charge in [0.25, 0.3) is 0 Å². The second kappa shape index (κ2) is 16.4. The molecule has 4 nitrogen and oxygen atoms in total. The first-order valence-corrected chi connectivity index (χ1v) is 7.36. The van der Waals surface area contributed by atoms with Gasteiger partial charge in [-0.15, -0.1) is 0 Å². The van der Waals surface area contributed by atoms with Crippen LogP contribution in [0.2, 0.25) is 0 Å². The van der Waals surface area contributed by atoms with Crippen molar-refractivity contribution < 1.29 is 27.3 Å². The molecule has 0 fully saturated rings. The van der Waals surface area contributed by atoms with Crippen LogP contribution in [0.4, 0.5) is 0 Å². The summed E-state index contributed by atoms with van der Waals surface area (Å²) in [5.41, 5.74) is 0. The largest absolute Gasteiger partial charge is 0.378 e. The molecule has 0 aromatic heterocycles. The predicted molar refractivity (Wildman–Crippen MR) is 78.4 cm³/mol. The zero-order chi connectivity index (χ0) is 14.6. The summed E-state index contributed by atoms with van der Waals surface area (Å²) in [7, 11) is 0. The summed E-state index contributed by atoms with van der Waals surface area (Å²) in [4.78, 5) is 4.06. The second-order valence-electron chi connectivity index (χ2n) is 4.22. The molecule has 0 aliphatic heterocycles. The van der Waals surface area contributed by atoms with Gasteiger partial charge >= 0.3 is 0 Å². The Morgan fingerprint density at radius 1 is 0.632 bits per heavy atom. The number of aliphatic hydroxyl groups is 2. The molecule has 0 aromatic rings. The van der Waals surface area contributed by atoms with Gasteiger partial charge < -0.3 is 10.2 Å². The van der Waals surface area contributed by atoms with E-state index in [1.807, 2.05) is 23.6 Å². The quantitative estimate of drug-likeness (QED) is 0.530. The Morgan fingerprint density at radius 3 is 0.895 bits per heavy atom. The molecule has 5 heteroatoms.